The molecule has 0 aliphatic carbocycles. The molecule has 0 saturated carbocycles. The lowest BCUT2D eigenvalue weighted by Gasteiger charge is -2.29. The van der Waals surface area contributed by atoms with Crippen molar-refractivity contribution in [2.24, 2.45) is 11.8 Å². The molecule has 4 nitrogen and oxygen atoms in total. The lowest BCUT2D eigenvalue weighted by molar-refractivity contribution is 0.00579. The zero-order valence-electron chi connectivity index (χ0n) is 36.2. The SMILES string of the molecule is CC(C)=CC[C@@H](C1OC1/C(C)=C/C=C/C(C)=C/C=C/C(C)=C/C=C/C=C(C)/C=C/C=C(C)/C=C/C=C(C)/C=C/[C@H](CCC(C)(C)O)C(C)(C)O)C(C)(C)O. The van der Waals surface area contributed by atoms with Gasteiger partial charge < -0.3 is 20.1 Å². The van der Waals surface area contributed by atoms with Crippen LogP contribution in [0.3, 0.4) is 0 Å². The minimum Gasteiger partial charge on any atom is -0.390 e. The Morgan fingerprint density at radius 1 is 0.556 bits per heavy atom. The zero-order chi connectivity index (χ0) is 41.1. The Labute approximate surface area is 330 Å². The summed E-state index contributed by atoms with van der Waals surface area (Å²) in [5, 5.41) is 31.4. The fourth-order valence-corrected chi connectivity index (χ4v) is 5.64. The van der Waals surface area contributed by atoms with E-state index >= 15 is 0 Å². The molecule has 1 aliphatic rings. The van der Waals surface area contributed by atoms with Crippen LogP contribution < -0.4 is 0 Å². The van der Waals surface area contributed by atoms with Gasteiger partial charge in [-0.3, -0.25) is 0 Å². The van der Waals surface area contributed by atoms with E-state index in [1.165, 1.54) is 11.1 Å². The number of hydrogen-bond donors (Lipinski definition) is 3. The highest BCUT2D eigenvalue weighted by molar-refractivity contribution is 5.33. The highest BCUT2D eigenvalue weighted by Gasteiger charge is 2.49. The summed E-state index contributed by atoms with van der Waals surface area (Å²) in [6.45, 7) is 27.7. The van der Waals surface area contributed by atoms with Crippen LogP contribution in [0.15, 0.2) is 154 Å². The topological polar surface area (TPSA) is 73.2 Å². The summed E-state index contributed by atoms with van der Waals surface area (Å²) in [5.41, 5.74) is 5.79. The molecule has 0 aromatic heterocycles. The molecule has 54 heavy (non-hydrogen) atoms. The molecule has 3 N–H and O–H groups in total. The Kier molecular flexibility index (Phi) is 21.0. The van der Waals surface area contributed by atoms with E-state index < -0.39 is 16.8 Å². The van der Waals surface area contributed by atoms with E-state index in [-0.39, 0.29) is 24.0 Å². The van der Waals surface area contributed by atoms with Crippen LogP contribution in [0, 0.1) is 11.8 Å². The van der Waals surface area contributed by atoms with Gasteiger partial charge in [-0.2, -0.15) is 0 Å². The van der Waals surface area contributed by atoms with Crippen LogP contribution in [0.25, 0.3) is 0 Å². The quantitative estimate of drug-likeness (QED) is 0.0623. The van der Waals surface area contributed by atoms with Crippen molar-refractivity contribution in [2.75, 3.05) is 0 Å². The van der Waals surface area contributed by atoms with Gasteiger partial charge in [0.2, 0.25) is 0 Å². The second kappa shape index (κ2) is 23.4. The summed E-state index contributed by atoms with van der Waals surface area (Å²) < 4.78 is 6.02. The molecule has 1 saturated heterocycles. The third-order valence-electron chi connectivity index (χ3n) is 9.33. The Morgan fingerprint density at radius 3 is 1.35 bits per heavy atom. The molecule has 298 valence electrons. The molecule has 4 heteroatoms. The average molecular weight is 739 g/mol. The Bertz CT molecular complexity index is 1580. The first kappa shape index (κ1) is 48.5. The minimum atomic E-state index is -0.846. The van der Waals surface area contributed by atoms with Crippen molar-refractivity contribution in [2.45, 2.75) is 145 Å². The number of ether oxygens (including phenoxy) is 1. The monoisotopic (exact) mass is 739 g/mol. The van der Waals surface area contributed by atoms with E-state index in [1.807, 2.05) is 46.8 Å². The van der Waals surface area contributed by atoms with Crippen molar-refractivity contribution in [1.29, 1.82) is 0 Å². The third-order valence-corrected chi connectivity index (χ3v) is 9.33. The molecular formula is C50H74O4. The summed E-state index contributed by atoms with van der Waals surface area (Å²) in [6.07, 6.45) is 41.9. The molecule has 0 aromatic rings. The molecule has 0 radical (unpaired) electrons. The van der Waals surface area contributed by atoms with Crippen molar-refractivity contribution >= 4 is 0 Å². The second-order valence-corrected chi connectivity index (χ2v) is 17.1. The van der Waals surface area contributed by atoms with Crippen LogP contribution in [-0.2, 0) is 4.74 Å². The van der Waals surface area contributed by atoms with Crippen molar-refractivity contribution in [1.82, 2.24) is 0 Å². The standard InChI is InChI=1S/C50H74O4/c1-37(2)31-34-45(50(13,14)53)47-46(54-47)43(8)30-20-29-41(6)26-18-24-39(4)22-16-15-21-38(3)23-17-25-40(5)27-19-28-42(7)32-33-44(49(11,12)52)35-36-48(9,10)51/h15-33,44-47,51-53H,34-36H2,1-14H3/b16-15+,23-17+,24-18+,27-19+,29-20+,33-32+,38-21+,39-22+,40-25+,41-26+,42-28+,43-30+/t44-,45+,46?,47?/m1/s1. The van der Waals surface area contributed by atoms with Gasteiger partial charge in [0.05, 0.1) is 22.9 Å². The van der Waals surface area contributed by atoms with Gasteiger partial charge in [0.1, 0.15) is 6.10 Å². The fraction of sp³-hybridized carbons (Fsp3) is 0.480. The first-order chi connectivity index (χ1) is 25.0. The highest BCUT2D eigenvalue weighted by Crippen LogP contribution is 2.41. The minimum absolute atomic E-state index is 0.0359. The van der Waals surface area contributed by atoms with Gasteiger partial charge in [-0.1, -0.05) is 149 Å². The van der Waals surface area contributed by atoms with E-state index in [9.17, 15) is 15.3 Å². The molecule has 0 amide bonds. The van der Waals surface area contributed by atoms with E-state index in [0.29, 0.717) is 6.42 Å². The van der Waals surface area contributed by atoms with Gasteiger partial charge in [0.15, 0.2) is 0 Å². The van der Waals surface area contributed by atoms with E-state index in [2.05, 4.69) is 152 Å². The molecule has 1 aliphatic heterocycles. The van der Waals surface area contributed by atoms with Gasteiger partial charge in [-0.05, 0) is 122 Å². The average Bonchev–Trinajstić information content (AvgIpc) is 3.81. The van der Waals surface area contributed by atoms with Crippen LogP contribution in [-0.4, -0.2) is 44.3 Å². The van der Waals surface area contributed by atoms with Gasteiger partial charge in [0.25, 0.3) is 0 Å². The van der Waals surface area contributed by atoms with Crippen LogP contribution >= 0.6 is 0 Å². The summed E-state index contributed by atoms with van der Waals surface area (Å²) in [5.74, 6) is 0.0308. The molecular weight excluding hydrogens is 665 g/mol. The van der Waals surface area contributed by atoms with Gasteiger partial charge in [-0.15, -0.1) is 0 Å². The maximum absolute atomic E-state index is 10.7. The molecule has 1 fully saturated rings. The maximum Gasteiger partial charge on any atom is 0.106 e. The van der Waals surface area contributed by atoms with E-state index in [0.717, 1.165) is 40.7 Å². The molecule has 0 spiro atoms. The molecule has 4 atom stereocenters. The second-order valence-electron chi connectivity index (χ2n) is 17.1. The van der Waals surface area contributed by atoms with Gasteiger partial charge in [-0.25, -0.2) is 0 Å². The normalized spacial score (nSPS) is 20.5. The number of aliphatic hydroxyl groups is 3. The fourth-order valence-electron chi connectivity index (χ4n) is 5.64. The first-order valence-corrected chi connectivity index (χ1v) is 19.6. The largest absolute Gasteiger partial charge is 0.390 e. The summed E-state index contributed by atoms with van der Waals surface area (Å²) in [7, 11) is 0. The van der Waals surface area contributed by atoms with E-state index in [1.54, 1.807) is 13.8 Å². The maximum atomic E-state index is 10.7. The van der Waals surface area contributed by atoms with E-state index in [4.69, 9.17) is 4.74 Å². The van der Waals surface area contributed by atoms with Crippen LogP contribution in [0.4, 0.5) is 0 Å². The Balaban J connectivity index is 2.64. The van der Waals surface area contributed by atoms with Crippen molar-refractivity contribution in [3.8, 4) is 0 Å². The van der Waals surface area contributed by atoms with Crippen molar-refractivity contribution < 1.29 is 20.1 Å². The van der Waals surface area contributed by atoms with Crippen molar-refractivity contribution in [3.05, 3.63) is 154 Å². The lowest BCUT2D eigenvalue weighted by Crippen LogP contribution is -2.35. The predicted octanol–water partition coefficient (Wildman–Crippen LogP) is 12.5. The third kappa shape index (κ3) is 22.6. The molecule has 2 unspecified atom stereocenters. The van der Waals surface area contributed by atoms with Gasteiger partial charge in [0, 0.05) is 11.8 Å². The molecule has 0 bridgehead atoms. The smallest absolute Gasteiger partial charge is 0.106 e. The Hall–Kier alpha value is -3.54. The Morgan fingerprint density at radius 2 is 0.963 bits per heavy atom. The predicted molar refractivity (Wildman–Crippen MR) is 235 cm³/mol. The molecule has 0 aromatic carbocycles. The van der Waals surface area contributed by atoms with Gasteiger partial charge >= 0.3 is 0 Å². The summed E-state index contributed by atoms with van der Waals surface area (Å²) >= 11 is 0. The summed E-state index contributed by atoms with van der Waals surface area (Å²) in [6, 6.07) is 0. The highest BCUT2D eigenvalue weighted by atomic mass is 16.6. The summed E-state index contributed by atoms with van der Waals surface area (Å²) in [4.78, 5) is 0. The first-order valence-electron chi connectivity index (χ1n) is 19.6. The van der Waals surface area contributed by atoms with Crippen molar-refractivity contribution in [3.63, 3.8) is 0 Å². The molecule has 1 heterocycles. The zero-order valence-corrected chi connectivity index (χ0v) is 36.2. The van der Waals surface area contributed by atoms with Crippen LogP contribution in [0.1, 0.15) is 116 Å². The number of allylic oxidation sites excluding steroid dienone is 24. The van der Waals surface area contributed by atoms with Crippen LogP contribution in [0.5, 0.6) is 0 Å². The van der Waals surface area contributed by atoms with Crippen LogP contribution in [0.2, 0.25) is 0 Å². The number of rotatable bonds is 21. The number of hydrogen-bond acceptors (Lipinski definition) is 4. The number of epoxide rings is 1. The molecule has 1 rings (SSSR count). The lowest BCUT2D eigenvalue weighted by atomic mass is 9.83.